The molecule has 0 aliphatic heterocycles. The molecule has 0 saturated carbocycles. The van der Waals surface area contributed by atoms with Gasteiger partial charge < -0.3 is 0 Å². The standard InChI is InChI=1S/C29H20N2O3S2/c32-28(20-9-3-1-4-10-20)18-29-30-25(19-35-29)21-15-16-24-23-13-7-8-14-26(23)31(27(24)17-21)36(33,34)22-11-5-2-6-12-22/h1-17,19H,18H2. The van der Waals surface area contributed by atoms with Gasteiger partial charge in [-0.3, -0.25) is 4.79 Å². The minimum absolute atomic E-state index is 0.0148. The molecule has 176 valence electrons. The van der Waals surface area contributed by atoms with Crippen LogP contribution < -0.4 is 0 Å². The number of hydrogen-bond donors (Lipinski definition) is 0. The predicted molar refractivity (Wildman–Crippen MR) is 144 cm³/mol. The SMILES string of the molecule is O=C(Cc1nc(-c2ccc3c4ccccc4n(S(=O)(=O)c4ccccc4)c3c2)cs1)c1ccccc1. The number of nitrogens with zero attached hydrogens (tertiary/aromatic N) is 2. The maximum Gasteiger partial charge on any atom is 0.268 e. The first-order valence-corrected chi connectivity index (χ1v) is 13.7. The average Bonchev–Trinajstić information content (AvgIpc) is 3.52. The number of rotatable bonds is 6. The molecule has 0 spiro atoms. The second-order valence-electron chi connectivity index (χ2n) is 8.42. The quantitative estimate of drug-likeness (QED) is 0.238. The molecule has 0 N–H and O–H groups in total. The van der Waals surface area contributed by atoms with Crippen LogP contribution in [0.5, 0.6) is 0 Å². The number of benzene rings is 4. The van der Waals surface area contributed by atoms with Crippen LogP contribution in [0.25, 0.3) is 33.1 Å². The summed E-state index contributed by atoms with van der Waals surface area (Å²) in [6.45, 7) is 0. The van der Waals surface area contributed by atoms with Gasteiger partial charge in [-0.05, 0) is 24.3 Å². The van der Waals surface area contributed by atoms with Crippen LogP contribution in [0.15, 0.2) is 113 Å². The smallest absolute Gasteiger partial charge is 0.268 e. The number of para-hydroxylation sites is 1. The minimum Gasteiger partial charge on any atom is -0.294 e. The molecule has 2 aromatic heterocycles. The summed E-state index contributed by atoms with van der Waals surface area (Å²) < 4.78 is 28.9. The molecule has 6 aromatic rings. The Morgan fingerprint density at radius 1 is 0.778 bits per heavy atom. The lowest BCUT2D eigenvalue weighted by molar-refractivity contribution is 0.0993. The molecule has 36 heavy (non-hydrogen) atoms. The van der Waals surface area contributed by atoms with E-state index < -0.39 is 10.0 Å². The fraction of sp³-hybridized carbons (Fsp3) is 0.0345. The number of aromatic nitrogens is 2. The molecular formula is C29H20N2O3S2. The van der Waals surface area contributed by atoms with E-state index in [1.807, 2.05) is 66.0 Å². The second kappa shape index (κ2) is 8.86. The molecule has 0 unspecified atom stereocenters. The van der Waals surface area contributed by atoms with Crippen molar-refractivity contribution in [1.29, 1.82) is 0 Å². The van der Waals surface area contributed by atoms with Crippen molar-refractivity contribution < 1.29 is 13.2 Å². The summed E-state index contributed by atoms with van der Waals surface area (Å²) in [6.07, 6.45) is 0.222. The number of carbonyl (C=O) groups excluding carboxylic acids is 1. The van der Waals surface area contributed by atoms with E-state index in [2.05, 4.69) is 0 Å². The van der Waals surface area contributed by atoms with Gasteiger partial charge >= 0.3 is 0 Å². The van der Waals surface area contributed by atoms with E-state index in [-0.39, 0.29) is 17.1 Å². The largest absolute Gasteiger partial charge is 0.294 e. The highest BCUT2D eigenvalue weighted by Crippen LogP contribution is 2.35. The van der Waals surface area contributed by atoms with Crippen molar-refractivity contribution in [2.75, 3.05) is 0 Å². The highest BCUT2D eigenvalue weighted by atomic mass is 32.2. The van der Waals surface area contributed by atoms with E-state index >= 15 is 0 Å². The van der Waals surface area contributed by atoms with Gasteiger partial charge in [0.1, 0.15) is 5.01 Å². The van der Waals surface area contributed by atoms with Crippen molar-refractivity contribution in [1.82, 2.24) is 8.96 Å². The Morgan fingerprint density at radius 3 is 2.22 bits per heavy atom. The number of ketones is 1. The van der Waals surface area contributed by atoms with Gasteiger partial charge in [0.2, 0.25) is 0 Å². The van der Waals surface area contributed by atoms with Crippen LogP contribution in [0.1, 0.15) is 15.4 Å². The first-order valence-electron chi connectivity index (χ1n) is 11.4. The first-order chi connectivity index (χ1) is 17.5. The van der Waals surface area contributed by atoms with Gasteiger partial charge in [-0.25, -0.2) is 17.4 Å². The number of fused-ring (bicyclic) bond motifs is 3. The summed E-state index contributed by atoms with van der Waals surface area (Å²) in [5.74, 6) is 0.0148. The number of Topliss-reactive ketones (excluding diaryl/α,β-unsaturated/α-hetero) is 1. The molecule has 7 heteroatoms. The monoisotopic (exact) mass is 508 g/mol. The van der Waals surface area contributed by atoms with Crippen molar-refractivity contribution in [3.8, 4) is 11.3 Å². The molecule has 0 saturated heterocycles. The van der Waals surface area contributed by atoms with Gasteiger partial charge in [-0.15, -0.1) is 11.3 Å². The topological polar surface area (TPSA) is 69.0 Å². The summed E-state index contributed by atoms with van der Waals surface area (Å²) in [5, 5.41) is 4.35. The van der Waals surface area contributed by atoms with Gasteiger partial charge in [-0.2, -0.15) is 0 Å². The van der Waals surface area contributed by atoms with Gasteiger partial charge in [0.25, 0.3) is 10.0 Å². The fourth-order valence-corrected chi connectivity index (χ4v) is 6.78. The Hall–Kier alpha value is -4.07. The first kappa shape index (κ1) is 22.4. The molecule has 0 aliphatic carbocycles. The lowest BCUT2D eigenvalue weighted by atomic mass is 10.1. The van der Waals surface area contributed by atoms with E-state index in [1.165, 1.54) is 15.3 Å². The lowest BCUT2D eigenvalue weighted by Gasteiger charge is -2.09. The normalized spacial score (nSPS) is 11.8. The van der Waals surface area contributed by atoms with Gasteiger partial charge in [0.15, 0.2) is 5.78 Å². The van der Waals surface area contributed by atoms with Crippen LogP contribution in [0.4, 0.5) is 0 Å². The van der Waals surface area contributed by atoms with E-state index in [0.717, 1.165) is 21.3 Å². The molecule has 0 atom stereocenters. The summed E-state index contributed by atoms with van der Waals surface area (Å²) in [5.41, 5.74) is 3.39. The van der Waals surface area contributed by atoms with Crippen LogP contribution in [0.3, 0.4) is 0 Å². The molecule has 0 bridgehead atoms. The van der Waals surface area contributed by atoms with Gasteiger partial charge in [-0.1, -0.05) is 78.9 Å². The van der Waals surface area contributed by atoms with Crippen molar-refractivity contribution in [2.24, 2.45) is 0 Å². The highest BCUT2D eigenvalue weighted by molar-refractivity contribution is 7.90. The number of carbonyl (C=O) groups is 1. The molecule has 0 aliphatic rings. The van der Waals surface area contributed by atoms with E-state index in [9.17, 15) is 13.2 Å². The molecule has 4 aromatic carbocycles. The highest BCUT2D eigenvalue weighted by Gasteiger charge is 2.23. The Morgan fingerprint density at radius 2 is 1.44 bits per heavy atom. The summed E-state index contributed by atoms with van der Waals surface area (Å²) in [4.78, 5) is 17.5. The van der Waals surface area contributed by atoms with E-state index in [0.29, 0.717) is 22.3 Å². The van der Waals surface area contributed by atoms with Crippen molar-refractivity contribution in [3.05, 3.63) is 119 Å². The summed E-state index contributed by atoms with van der Waals surface area (Å²) in [6, 6.07) is 30.9. The lowest BCUT2D eigenvalue weighted by Crippen LogP contribution is -2.12. The zero-order chi connectivity index (χ0) is 24.7. The number of hydrogen-bond acceptors (Lipinski definition) is 5. The molecule has 2 heterocycles. The van der Waals surface area contributed by atoms with Crippen molar-refractivity contribution in [2.45, 2.75) is 11.3 Å². The third-order valence-electron chi connectivity index (χ3n) is 6.17. The summed E-state index contributed by atoms with van der Waals surface area (Å²) in [7, 11) is -3.83. The Bertz CT molecular complexity index is 1840. The Kier molecular flexibility index (Phi) is 5.51. The maximum atomic E-state index is 13.7. The molecule has 5 nitrogen and oxygen atoms in total. The predicted octanol–water partition coefficient (Wildman–Crippen LogP) is 6.58. The zero-order valence-electron chi connectivity index (χ0n) is 19.0. The molecule has 0 amide bonds. The van der Waals surface area contributed by atoms with Crippen LogP contribution in [0.2, 0.25) is 0 Å². The van der Waals surface area contributed by atoms with Crippen LogP contribution in [-0.4, -0.2) is 23.2 Å². The Labute approximate surface area is 212 Å². The minimum atomic E-state index is -3.83. The fourth-order valence-electron chi connectivity index (χ4n) is 4.44. The molecule has 0 fully saturated rings. The van der Waals surface area contributed by atoms with Gasteiger partial charge in [0.05, 0.1) is 28.0 Å². The maximum absolute atomic E-state index is 13.7. The molecule has 6 rings (SSSR count). The third kappa shape index (κ3) is 3.82. The van der Waals surface area contributed by atoms with Crippen molar-refractivity contribution >= 4 is 48.9 Å². The Balaban J connectivity index is 1.45. The van der Waals surface area contributed by atoms with E-state index in [1.54, 1.807) is 42.5 Å². The van der Waals surface area contributed by atoms with Crippen LogP contribution in [-0.2, 0) is 16.4 Å². The third-order valence-corrected chi connectivity index (χ3v) is 8.76. The zero-order valence-corrected chi connectivity index (χ0v) is 20.7. The number of thiazole rings is 1. The molecule has 0 radical (unpaired) electrons. The molecular weight excluding hydrogens is 488 g/mol. The summed E-state index contributed by atoms with van der Waals surface area (Å²) >= 11 is 1.43. The average molecular weight is 509 g/mol. The van der Waals surface area contributed by atoms with Gasteiger partial charge in [0, 0.05) is 27.3 Å². The van der Waals surface area contributed by atoms with Crippen LogP contribution >= 0.6 is 11.3 Å². The van der Waals surface area contributed by atoms with Crippen LogP contribution in [0, 0.1) is 0 Å². The van der Waals surface area contributed by atoms with Crippen molar-refractivity contribution in [3.63, 3.8) is 0 Å². The van der Waals surface area contributed by atoms with E-state index in [4.69, 9.17) is 4.98 Å². The second-order valence-corrected chi connectivity index (χ2v) is 11.2.